The van der Waals surface area contributed by atoms with Crippen LogP contribution in [0.1, 0.15) is 24.2 Å². The zero-order valence-corrected chi connectivity index (χ0v) is 19.8. The molecular weight excluding hydrogens is 456 g/mol. The maximum absolute atomic E-state index is 12.8. The molecule has 0 fully saturated rings. The van der Waals surface area contributed by atoms with E-state index in [1.54, 1.807) is 47.5 Å². The van der Waals surface area contributed by atoms with Gasteiger partial charge in [-0.05, 0) is 49.1 Å². The molecule has 1 heterocycles. The summed E-state index contributed by atoms with van der Waals surface area (Å²) in [6.07, 6.45) is 1.13. The molecule has 164 valence electrons. The van der Waals surface area contributed by atoms with E-state index in [9.17, 15) is 18.0 Å². The van der Waals surface area contributed by atoms with Gasteiger partial charge in [0.05, 0.1) is 21.7 Å². The second-order valence-corrected chi connectivity index (χ2v) is 10.9. The van der Waals surface area contributed by atoms with Crippen LogP contribution < -0.4 is 4.80 Å². The van der Waals surface area contributed by atoms with Gasteiger partial charge < -0.3 is 9.30 Å². The van der Waals surface area contributed by atoms with Crippen LogP contribution in [0.2, 0.25) is 0 Å². The van der Waals surface area contributed by atoms with Crippen LogP contribution in [-0.2, 0) is 25.9 Å². The molecule has 31 heavy (non-hydrogen) atoms. The summed E-state index contributed by atoms with van der Waals surface area (Å²) in [7, 11) is -3.40. The monoisotopic (exact) mass is 478 g/mol. The van der Waals surface area contributed by atoms with E-state index in [-0.39, 0.29) is 18.0 Å². The van der Waals surface area contributed by atoms with Crippen molar-refractivity contribution in [3.8, 4) is 0 Å². The zero-order valence-electron chi connectivity index (χ0n) is 17.3. The minimum atomic E-state index is -3.40. The van der Waals surface area contributed by atoms with Gasteiger partial charge in [0, 0.05) is 16.7 Å². The molecule has 7 nitrogen and oxygen atoms in total. The summed E-state index contributed by atoms with van der Waals surface area (Å²) in [5.41, 5.74) is 1.04. The summed E-state index contributed by atoms with van der Waals surface area (Å²) in [6, 6.07) is 11.8. The molecule has 0 aliphatic rings. The number of benzene rings is 2. The van der Waals surface area contributed by atoms with Gasteiger partial charge in [0.15, 0.2) is 14.6 Å². The second-order valence-electron chi connectivity index (χ2n) is 6.56. The SMILES string of the molecule is CCOC(=O)Cn1c(=NC(=O)c2cccc(SCC)c2)sc2cc(S(C)(=O)=O)ccc21. The van der Waals surface area contributed by atoms with E-state index >= 15 is 0 Å². The van der Waals surface area contributed by atoms with Crippen LogP contribution in [0.25, 0.3) is 10.2 Å². The number of esters is 1. The van der Waals surface area contributed by atoms with Crippen molar-refractivity contribution >= 4 is 55.0 Å². The Morgan fingerprint density at radius 2 is 1.94 bits per heavy atom. The van der Waals surface area contributed by atoms with E-state index in [1.807, 2.05) is 13.0 Å². The molecule has 0 unspecified atom stereocenters. The highest BCUT2D eigenvalue weighted by molar-refractivity contribution is 7.99. The number of rotatable bonds is 7. The van der Waals surface area contributed by atoms with E-state index in [4.69, 9.17) is 4.74 Å². The standard InChI is InChI=1S/C21H22N2O5S3/c1-4-28-19(24)13-23-17-10-9-16(31(3,26)27)12-18(17)30-21(23)22-20(25)14-7-6-8-15(11-14)29-5-2/h6-12H,4-5,13H2,1-3H3. The highest BCUT2D eigenvalue weighted by atomic mass is 32.2. The highest BCUT2D eigenvalue weighted by Gasteiger charge is 2.16. The quantitative estimate of drug-likeness (QED) is 0.381. The van der Waals surface area contributed by atoms with E-state index in [0.29, 0.717) is 20.6 Å². The van der Waals surface area contributed by atoms with Crippen LogP contribution in [0.4, 0.5) is 0 Å². The summed E-state index contributed by atoms with van der Waals surface area (Å²) in [6.45, 7) is 3.84. The highest BCUT2D eigenvalue weighted by Crippen LogP contribution is 2.23. The second kappa shape index (κ2) is 9.80. The molecule has 10 heteroatoms. The Bertz CT molecular complexity index is 1310. The Morgan fingerprint density at radius 1 is 1.16 bits per heavy atom. The molecule has 0 aliphatic carbocycles. The van der Waals surface area contributed by atoms with E-state index in [0.717, 1.165) is 28.2 Å². The minimum Gasteiger partial charge on any atom is -0.465 e. The number of carbonyl (C=O) groups is 2. The first-order valence-electron chi connectivity index (χ1n) is 9.54. The Labute approximate surface area is 188 Å². The van der Waals surface area contributed by atoms with Crippen LogP contribution in [0, 0.1) is 0 Å². The van der Waals surface area contributed by atoms with Gasteiger partial charge in [0.25, 0.3) is 5.91 Å². The summed E-state index contributed by atoms with van der Waals surface area (Å²) >= 11 is 2.77. The number of nitrogens with zero attached hydrogens (tertiary/aromatic N) is 2. The molecule has 2 aromatic carbocycles. The van der Waals surface area contributed by atoms with Gasteiger partial charge in [-0.3, -0.25) is 9.59 Å². The van der Waals surface area contributed by atoms with Crippen LogP contribution >= 0.6 is 23.1 Å². The number of aromatic nitrogens is 1. The maximum Gasteiger partial charge on any atom is 0.326 e. The van der Waals surface area contributed by atoms with Crippen molar-refractivity contribution < 1.29 is 22.7 Å². The van der Waals surface area contributed by atoms with Crippen molar-refractivity contribution in [2.45, 2.75) is 30.2 Å². The molecule has 0 atom stereocenters. The van der Waals surface area contributed by atoms with Crippen LogP contribution in [0.5, 0.6) is 0 Å². The third-order valence-corrected chi connectivity index (χ3v) is 7.29. The van der Waals surface area contributed by atoms with Gasteiger partial charge in [-0.2, -0.15) is 4.99 Å². The smallest absolute Gasteiger partial charge is 0.326 e. The van der Waals surface area contributed by atoms with Crippen LogP contribution in [0.15, 0.2) is 57.2 Å². The molecule has 0 saturated carbocycles. The first-order chi connectivity index (χ1) is 14.7. The largest absolute Gasteiger partial charge is 0.465 e. The lowest BCUT2D eigenvalue weighted by atomic mass is 10.2. The topological polar surface area (TPSA) is 94.8 Å². The fraction of sp³-hybridized carbons (Fsp3) is 0.286. The van der Waals surface area contributed by atoms with E-state index in [1.165, 1.54) is 12.1 Å². The number of thioether (sulfide) groups is 1. The molecule has 3 aromatic rings. The fourth-order valence-electron chi connectivity index (χ4n) is 2.90. The third-order valence-electron chi connectivity index (χ3n) is 4.26. The fourth-order valence-corrected chi connectivity index (χ4v) is 5.40. The maximum atomic E-state index is 12.8. The van der Waals surface area contributed by atoms with Gasteiger partial charge in [0.1, 0.15) is 6.54 Å². The molecule has 0 radical (unpaired) electrons. The average Bonchev–Trinajstić information content (AvgIpc) is 3.04. The van der Waals surface area contributed by atoms with Gasteiger partial charge in [-0.15, -0.1) is 11.8 Å². The molecule has 1 aromatic heterocycles. The first kappa shape index (κ1) is 23.2. The molecular formula is C21H22N2O5S3. The summed E-state index contributed by atoms with van der Waals surface area (Å²) in [5.74, 6) is -0.0245. The lowest BCUT2D eigenvalue weighted by Crippen LogP contribution is -2.23. The number of sulfone groups is 1. The number of hydrogen-bond donors (Lipinski definition) is 0. The number of fused-ring (bicyclic) bond motifs is 1. The molecule has 3 rings (SSSR count). The van der Waals surface area contributed by atoms with Crippen LogP contribution in [0.3, 0.4) is 0 Å². The van der Waals surface area contributed by atoms with Gasteiger partial charge in [-0.25, -0.2) is 8.42 Å². The van der Waals surface area contributed by atoms with Gasteiger partial charge in [-0.1, -0.05) is 24.3 Å². The Balaban J connectivity index is 2.13. The third kappa shape index (κ3) is 5.63. The van der Waals surface area contributed by atoms with Crippen LogP contribution in [-0.4, -0.2) is 43.5 Å². The molecule has 0 bridgehead atoms. The molecule has 0 saturated heterocycles. The van der Waals surface area contributed by atoms with Crippen molar-refractivity contribution in [1.29, 1.82) is 0 Å². The number of thiazole rings is 1. The minimum absolute atomic E-state index is 0.135. The Morgan fingerprint density at radius 3 is 2.61 bits per heavy atom. The number of ether oxygens (including phenoxy) is 1. The first-order valence-corrected chi connectivity index (χ1v) is 13.2. The van der Waals surface area contributed by atoms with Crippen molar-refractivity contribution in [3.63, 3.8) is 0 Å². The molecule has 1 amide bonds. The lowest BCUT2D eigenvalue weighted by Gasteiger charge is -2.06. The Kier molecular flexibility index (Phi) is 7.34. The molecule has 0 N–H and O–H groups in total. The van der Waals surface area contributed by atoms with Gasteiger partial charge >= 0.3 is 5.97 Å². The zero-order chi connectivity index (χ0) is 22.6. The van der Waals surface area contributed by atoms with Crippen molar-refractivity contribution in [3.05, 3.63) is 52.8 Å². The van der Waals surface area contributed by atoms with Crippen molar-refractivity contribution in [2.75, 3.05) is 18.6 Å². The number of hydrogen-bond acceptors (Lipinski definition) is 7. The van der Waals surface area contributed by atoms with E-state index in [2.05, 4.69) is 4.99 Å². The number of carbonyl (C=O) groups excluding carboxylic acids is 2. The van der Waals surface area contributed by atoms with Crippen molar-refractivity contribution in [2.24, 2.45) is 4.99 Å². The summed E-state index contributed by atoms with van der Waals surface area (Å²) in [4.78, 5) is 30.7. The lowest BCUT2D eigenvalue weighted by molar-refractivity contribution is -0.143. The number of amides is 1. The van der Waals surface area contributed by atoms with Crippen molar-refractivity contribution in [1.82, 2.24) is 4.57 Å². The summed E-state index contributed by atoms with van der Waals surface area (Å²) < 4.78 is 31.1. The predicted molar refractivity (Wildman–Crippen MR) is 122 cm³/mol. The molecule has 0 spiro atoms. The average molecular weight is 479 g/mol. The normalized spacial score (nSPS) is 12.3. The summed E-state index contributed by atoms with van der Waals surface area (Å²) in [5, 5.41) is 0. The Hall–Kier alpha value is -2.43. The van der Waals surface area contributed by atoms with Gasteiger partial charge in [0.2, 0.25) is 0 Å². The molecule has 0 aliphatic heterocycles. The predicted octanol–water partition coefficient (Wildman–Crippen LogP) is 3.52. The van der Waals surface area contributed by atoms with E-state index < -0.39 is 21.7 Å².